The molecule has 0 amide bonds. The number of aromatic nitrogens is 2. The predicted molar refractivity (Wildman–Crippen MR) is 100 cm³/mol. The maximum absolute atomic E-state index is 13.3. The molecule has 128 valence electrons. The van der Waals surface area contributed by atoms with Crippen molar-refractivity contribution in [3.63, 3.8) is 0 Å². The van der Waals surface area contributed by atoms with Gasteiger partial charge in [-0.3, -0.25) is 0 Å². The van der Waals surface area contributed by atoms with Crippen LogP contribution in [0.5, 0.6) is 0 Å². The third kappa shape index (κ3) is 3.51. The summed E-state index contributed by atoms with van der Waals surface area (Å²) in [5, 5.41) is 7.67. The molecule has 0 saturated heterocycles. The number of halogens is 2. The van der Waals surface area contributed by atoms with E-state index in [2.05, 4.69) is 27.5 Å². The Morgan fingerprint density at radius 3 is 2.72 bits per heavy atom. The van der Waals surface area contributed by atoms with Crippen molar-refractivity contribution in [1.29, 1.82) is 0 Å². The molecule has 0 spiro atoms. The van der Waals surface area contributed by atoms with E-state index in [1.807, 2.05) is 24.3 Å². The number of fused-ring (bicyclic) bond motifs is 1. The number of para-hydroxylation sites is 1. The highest BCUT2D eigenvalue weighted by molar-refractivity contribution is 6.31. The quantitative estimate of drug-likeness (QED) is 0.644. The average Bonchev–Trinajstić information content (AvgIpc) is 3.43. The molecule has 1 aliphatic rings. The zero-order valence-electron chi connectivity index (χ0n) is 13.8. The largest absolute Gasteiger partial charge is 0.367 e. The molecule has 1 atom stereocenters. The van der Waals surface area contributed by atoms with Gasteiger partial charge in [0.15, 0.2) is 0 Å². The molecule has 6 heteroatoms. The van der Waals surface area contributed by atoms with Crippen molar-refractivity contribution in [2.24, 2.45) is 5.92 Å². The molecule has 1 heterocycles. The Kier molecular flexibility index (Phi) is 4.17. The van der Waals surface area contributed by atoms with Gasteiger partial charge in [0.05, 0.1) is 10.5 Å². The Morgan fingerprint density at radius 2 is 1.96 bits per heavy atom. The van der Waals surface area contributed by atoms with E-state index in [-0.39, 0.29) is 5.02 Å². The Morgan fingerprint density at radius 1 is 1.16 bits per heavy atom. The van der Waals surface area contributed by atoms with Crippen LogP contribution in [0.15, 0.2) is 42.5 Å². The van der Waals surface area contributed by atoms with Gasteiger partial charge in [0.2, 0.25) is 5.95 Å². The fraction of sp³-hybridized carbons (Fsp3) is 0.263. The van der Waals surface area contributed by atoms with Crippen molar-refractivity contribution >= 4 is 40.0 Å². The Labute approximate surface area is 150 Å². The molecule has 1 aliphatic carbocycles. The first-order valence-electron chi connectivity index (χ1n) is 8.35. The molecule has 0 unspecified atom stereocenters. The first-order valence-corrected chi connectivity index (χ1v) is 8.73. The van der Waals surface area contributed by atoms with Crippen LogP contribution in [-0.2, 0) is 0 Å². The third-order valence-electron chi connectivity index (χ3n) is 4.47. The smallest absolute Gasteiger partial charge is 0.229 e. The standard InChI is InChI=1S/C19H18ClFN4/c1-11(12-6-7-12)22-18-14-4-2-3-5-17(14)24-19(25-18)23-13-8-9-16(21)15(20)10-13/h2-5,8-12H,6-7H2,1H3,(H2,22,23,24,25)/t11-/m1/s1. The number of hydrogen-bond donors (Lipinski definition) is 2. The molecular formula is C19H18ClFN4. The Balaban J connectivity index is 1.69. The van der Waals surface area contributed by atoms with Crippen molar-refractivity contribution in [1.82, 2.24) is 9.97 Å². The van der Waals surface area contributed by atoms with E-state index in [0.29, 0.717) is 23.6 Å². The number of nitrogens with one attached hydrogen (secondary N) is 2. The lowest BCUT2D eigenvalue weighted by Crippen LogP contribution is -2.19. The average molecular weight is 357 g/mol. The summed E-state index contributed by atoms with van der Waals surface area (Å²) in [6, 6.07) is 12.7. The van der Waals surface area contributed by atoms with E-state index in [0.717, 1.165) is 16.7 Å². The monoisotopic (exact) mass is 356 g/mol. The van der Waals surface area contributed by atoms with Crippen LogP contribution >= 0.6 is 11.6 Å². The summed E-state index contributed by atoms with van der Waals surface area (Å²) in [6.07, 6.45) is 2.52. The zero-order chi connectivity index (χ0) is 17.4. The highest BCUT2D eigenvalue weighted by atomic mass is 35.5. The molecular weight excluding hydrogens is 339 g/mol. The van der Waals surface area contributed by atoms with Crippen LogP contribution in [0.3, 0.4) is 0 Å². The van der Waals surface area contributed by atoms with Gasteiger partial charge in [-0.25, -0.2) is 9.37 Å². The molecule has 0 radical (unpaired) electrons. The van der Waals surface area contributed by atoms with Crippen LogP contribution in [0.1, 0.15) is 19.8 Å². The van der Waals surface area contributed by atoms with E-state index in [9.17, 15) is 4.39 Å². The van der Waals surface area contributed by atoms with E-state index in [4.69, 9.17) is 11.6 Å². The van der Waals surface area contributed by atoms with Gasteiger partial charge in [0.1, 0.15) is 11.6 Å². The second-order valence-corrected chi connectivity index (χ2v) is 6.84. The second-order valence-electron chi connectivity index (χ2n) is 6.44. The SMILES string of the molecule is C[C@@H](Nc1nc(Nc2ccc(F)c(Cl)c2)nc2ccccc12)C1CC1. The van der Waals surface area contributed by atoms with Crippen LogP contribution in [0, 0.1) is 11.7 Å². The van der Waals surface area contributed by atoms with Crippen molar-refractivity contribution < 1.29 is 4.39 Å². The zero-order valence-corrected chi connectivity index (χ0v) is 14.5. The maximum Gasteiger partial charge on any atom is 0.229 e. The lowest BCUT2D eigenvalue weighted by Gasteiger charge is -2.16. The highest BCUT2D eigenvalue weighted by Crippen LogP contribution is 2.35. The summed E-state index contributed by atoms with van der Waals surface area (Å²) in [6.45, 7) is 2.18. The number of hydrogen-bond acceptors (Lipinski definition) is 4. The van der Waals surface area contributed by atoms with Crippen LogP contribution in [0.25, 0.3) is 10.9 Å². The number of benzene rings is 2. The van der Waals surface area contributed by atoms with E-state index in [1.165, 1.54) is 25.0 Å². The van der Waals surface area contributed by atoms with Crippen molar-refractivity contribution in [2.75, 3.05) is 10.6 Å². The molecule has 2 aromatic carbocycles. The van der Waals surface area contributed by atoms with Gasteiger partial charge < -0.3 is 10.6 Å². The third-order valence-corrected chi connectivity index (χ3v) is 4.76. The molecule has 4 nitrogen and oxygen atoms in total. The van der Waals surface area contributed by atoms with Crippen molar-refractivity contribution in [3.8, 4) is 0 Å². The summed E-state index contributed by atoms with van der Waals surface area (Å²) in [7, 11) is 0. The minimum absolute atomic E-state index is 0.0616. The van der Waals surface area contributed by atoms with Crippen LogP contribution in [0.2, 0.25) is 5.02 Å². The van der Waals surface area contributed by atoms with Crippen LogP contribution < -0.4 is 10.6 Å². The minimum atomic E-state index is -0.452. The Hall–Kier alpha value is -2.40. The van der Waals surface area contributed by atoms with Gasteiger partial charge in [-0.05, 0) is 56.0 Å². The van der Waals surface area contributed by atoms with Gasteiger partial charge in [-0.1, -0.05) is 23.7 Å². The summed E-state index contributed by atoms with van der Waals surface area (Å²) in [5.74, 6) is 1.51. The molecule has 4 rings (SSSR count). The van der Waals surface area contributed by atoms with Gasteiger partial charge >= 0.3 is 0 Å². The molecule has 2 N–H and O–H groups in total. The molecule has 0 bridgehead atoms. The summed E-state index contributed by atoms with van der Waals surface area (Å²) >= 11 is 5.85. The van der Waals surface area contributed by atoms with Crippen LogP contribution in [-0.4, -0.2) is 16.0 Å². The molecule has 25 heavy (non-hydrogen) atoms. The maximum atomic E-state index is 13.3. The summed E-state index contributed by atoms with van der Waals surface area (Å²) in [4.78, 5) is 9.18. The van der Waals surface area contributed by atoms with Gasteiger partial charge in [-0.15, -0.1) is 0 Å². The molecule has 1 fully saturated rings. The summed E-state index contributed by atoms with van der Waals surface area (Å²) in [5.41, 5.74) is 1.49. The predicted octanol–water partition coefficient (Wildman–Crippen LogP) is 5.38. The van der Waals surface area contributed by atoms with Gasteiger partial charge in [0.25, 0.3) is 0 Å². The van der Waals surface area contributed by atoms with E-state index >= 15 is 0 Å². The molecule has 1 saturated carbocycles. The highest BCUT2D eigenvalue weighted by Gasteiger charge is 2.28. The van der Waals surface area contributed by atoms with Gasteiger partial charge in [0, 0.05) is 17.1 Å². The second kappa shape index (κ2) is 6.48. The number of nitrogens with zero attached hydrogens (tertiary/aromatic N) is 2. The van der Waals surface area contributed by atoms with Crippen molar-refractivity contribution in [2.45, 2.75) is 25.8 Å². The van der Waals surface area contributed by atoms with E-state index in [1.54, 1.807) is 6.07 Å². The lowest BCUT2D eigenvalue weighted by atomic mass is 10.2. The first kappa shape index (κ1) is 16.1. The summed E-state index contributed by atoms with van der Waals surface area (Å²) < 4.78 is 13.3. The normalized spacial score (nSPS) is 15.2. The number of anilines is 3. The van der Waals surface area contributed by atoms with Crippen LogP contribution in [0.4, 0.5) is 21.8 Å². The topological polar surface area (TPSA) is 49.8 Å². The first-order chi connectivity index (χ1) is 12.1. The van der Waals surface area contributed by atoms with Gasteiger partial charge in [-0.2, -0.15) is 4.98 Å². The number of rotatable bonds is 5. The fourth-order valence-electron chi connectivity index (χ4n) is 2.88. The molecule has 0 aliphatic heterocycles. The van der Waals surface area contributed by atoms with E-state index < -0.39 is 5.82 Å². The minimum Gasteiger partial charge on any atom is -0.367 e. The Bertz CT molecular complexity index is 926. The van der Waals surface area contributed by atoms with Crippen molar-refractivity contribution in [3.05, 3.63) is 53.3 Å². The molecule has 1 aromatic heterocycles. The molecule has 3 aromatic rings. The lowest BCUT2D eigenvalue weighted by molar-refractivity contribution is 0.628. The fourth-order valence-corrected chi connectivity index (χ4v) is 3.06.